The molecule has 3 aromatic rings. The Balaban J connectivity index is 1.34. The van der Waals surface area contributed by atoms with Gasteiger partial charge in [-0.25, -0.2) is 4.98 Å². The Hall–Kier alpha value is -3.30. The molecule has 2 amide bonds. The molecule has 0 saturated heterocycles. The summed E-state index contributed by atoms with van der Waals surface area (Å²) in [6.45, 7) is 0.238. The van der Waals surface area contributed by atoms with Gasteiger partial charge in [0.15, 0.2) is 11.8 Å². The van der Waals surface area contributed by atoms with Gasteiger partial charge in [-0.1, -0.05) is 47.1 Å². The predicted molar refractivity (Wildman–Crippen MR) is 141 cm³/mol. The van der Waals surface area contributed by atoms with Crippen LogP contribution in [0.3, 0.4) is 0 Å². The molecule has 1 aliphatic rings. The average Bonchev–Trinajstić information content (AvgIpc) is 2.90. The molecule has 188 valence electrons. The monoisotopic (exact) mass is 526 g/mol. The Bertz CT molecular complexity index is 1320. The molecular formula is C26H27ClN4O4S. The second-order valence-electron chi connectivity index (χ2n) is 8.35. The number of nitrogens with one attached hydrogen (secondary N) is 2. The van der Waals surface area contributed by atoms with E-state index in [-0.39, 0.29) is 17.9 Å². The molecule has 1 aromatic heterocycles. The Morgan fingerprint density at radius 1 is 1.06 bits per heavy atom. The van der Waals surface area contributed by atoms with Crippen LogP contribution in [0.5, 0.6) is 5.75 Å². The highest BCUT2D eigenvalue weighted by atomic mass is 35.5. The molecule has 0 spiro atoms. The fraction of sp³-hybridized carbons (Fsp3) is 0.308. The standard InChI is InChI=1S/C26H27ClN4O4S/c27-19-10-12-20(13-11-19)35-16-23(32)29-30-24(33)17-36-26-28-22-9-5-4-8-21(22)25(34)31(26)15-14-18-6-2-1-3-7-18/h4-6,8-13H,1-3,7,14-17H2,(H,29,32)(H,30,33). The summed E-state index contributed by atoms with van der Waals surface area (Å²) in [5.74, 6) is -0.472. The number of para-hydroxylation sites is 1. The van der Waals surface area contributed by atoms with Crippen molar-refractivity contribution in [1.29, 1.82) is 0 Å². The minimum Gasteiger partial charge on any atom is -0.484 e. The highest BCUT2D eigenvalue weighted by Crippen LogP contribution is 2.23. The lowest BCUT2D eigenvalue weighted by Gasteiger charge is -2.16. The van der Waals surface area contributed by atoms with Crippen LogP contribution in [0.15, 0.2) is 70.1 Å². The first-order valence-corrected chi connectivity index (χ1v) is 13.1. The van der Waals surface area contributed by atoms with Crippen LogP contribution in [0.4, 0.5) is 0 Å². The van der Waals surface area contributed by atoms with Gasteiger partial charge < -0.3 is 4.74 Å². The van der Waals surface area contributed by atoms with Crippen molar-refractivity contribution in [2.24, 2.45) is 0 Å². The van der Waals surface area contributed by atoms with Crippen LogP contribution in [0.2, 0.25) is 5.02 Å². The molecule has 0 atom stereocenters. The van der Waals surface area contributed by atoms with E-state index >= 15 is 0 Å². The number of halogens is 1. The minimum absolute atomic E-state index is 0.0220. The number of allylic oxidation sites excluding steroid dienone is 2. The average molecular weight is 527 g/mol. The first-order chi connectivity index (χ1) is 17.5. The Morgan fingerprint density at radius 3 is 2.61 bits per heavy atom. The number of fused-ring (bicyclic) bond motifs is 1. The van der Waals surface area contributed by atoms with Crippen molar-refractivity contribution in [3.8, 4) is 5.75 Å². The quantitative estimate of drug-likeness (QED) is 0.187. The van der Waals surface area contributed by atoms with Gasteiger partial charge in [-0.2, -0.15) is 0 Å². The van der Waals surface area contributed by atoms with E-state index in [1.165, 1.54) is 18.4 Å². The third-order valence-electron chi connectivity index (χ3n) is 5.73. The number of hydrazine groups is 1. The summed E-state index contributed by atoms with van der Waals surface area (Å²) in [4.78, 5) is 42.2. The third kappa shape index (κ3) is 7.11. The SMILES string of the molecule is O=C(COc1ccc(Cl)cc1)NNC(=O)CSc1nc2ccccc2c(=O)n1CCC1=CCCCC1. The Labute approximate surface area is 218 Å². The van der Waals surface area contributed by atoms with Crippen LogP contribution in [0.1, 0.15) is 32.1 Å². The molecule has 2 N–H and O–H groups in total. The van der Waals surface area contributed by atoms with E-state index in [1.54, 1.807) is 41.0 Å². The second-order valence-corrected chi connectivity index (χ2v) is 9.73. The van der Waals surface area contributed by atoms with Gasteiger partial charge in [0, 0.05) is 11.6 Å². The fourth-order valence-corrected chi connectivity index (χ4v) is 4.81. The van der Waals surface area contributed by atoms with E-state index in [4.69, 9.17) is 16.3 Å². The predicted octanol–water partition coefficient (Wildman–Crippen LogP) is 4.26. The topological polar surface area (TPSA) is 102 Å². The number of hydrogen-bond acceptors (Lipinski definition) is 6. The van der Waals surface area contributed by atoms with E-state index in [0.717, 1.165) is 31.0 Å². The molecule has 0 radical (unpaired) electrons. The van der Waals surface area contributed by atoms with Crippen LogP contribution in [0.25, 0.3) is 10.9 Å². The van der Waals surface area contributed by atoms with Crippen LogP contribution in [0, 0.1) is 0 Å². The number of carbonyl (C=O) groups excluding carboxylic acids is 2. The molecule has 4 rings (SSSR count). The number of carbonyl (C=O) groups is 2. The van der Waals surface area contributed by atoms with Crippen molar-refractivity contribution in [1.82, 2.24) is 20.4 Å². The Morgan fingerprint density at radius 2 is 1.83 bits per heavy atom. The number of ether oxygens (including phenoxy) is 1. The number of aromatic nitrogens is 2. The molecule has 2 aromatic carbocycles. The second kappa shape index (κ2) is 12.6. The first kappa shape index (κ1) is 25.8. The van der Waals surface area contributed by atoms with E-state index in [2.05, 4.69) is 21.9 Å². The molecule has 10 heteroatoms. The molecule has 1 aliphatic carbocycles. The maximum absolute atomic E-state index is 13.2. The largest absolute Gasteiger partial charge is 0.484 e. The number of rotatable bonds is 9. The highest BCUT2D eigenvalue weighted by molar-refractivity contribution is 7.99. The molecule has 0 aliphatic heterocycles. The lowest BCUT2D eigenvalue weighted by molar-refractivity contribution is -0.128. The molecule has 0 unspecified atom stereocenters. The van der Waals surface area contributed by atoms with Crippen LogP contribution >= 0.6 is 23.4 Å². The molecule has 0 bridgehead atoms. The zero-order chi connectivity index (χ0) is 25.3. The van der Waals surface area contributed by atoms with Crippen LogP contribution in [-0.2, 0) is 16.1 Å². The molecule has 0 fully saturated rings. The lowest BCUT2D eigenvalue weighted by Crippen LogP contribution is -2.44. The molecule has 36 heavy (non-hydrogen) atoms. The Kier molecular flexibility index (Phi) is 9.02. The summed E-state index contributed by atoms with van der Waals surface area (Å²) in [6.07, 6.45) is 7.57. The van der Waals surface area contributed by atoms with Gasteiger partial charge in [0.1, 0.15) is 5.75 Å². The van der Waals surface area contributed by atoms with Crippen molar-refractivity contribution >= 4 is 46.1 Å². The summed E-state index contributed by atoms with van der Waals surface area (Å²) >= 11 is 6.98. The molecule has 8 nitrogen and oxygen atoms in total. The van der Waals surface area contributed by atoms with Crippen molar-refractivity contribution < 1.29 is 14.3 Å². The van der Waals surface area contributed by atoms with Crippen molar-refractivity contribution in [2.75, 3.05) is 12.4 Å². The van der Waals surface area contributed by atoms with Crippen LogP contribution in [-0.4, -0.2) is 33.7 Å². The maximum Gasteiger partial charge on any atom is 0.276 e. The number of benzene rings is 2. The summed E-state index contributed by atoms with van der Waals surface area (Å²) in [6, 6.07) is 13.8. The summed E-state index contributed by atoms with van der Waals surface area (Å²) in [5, 5.41) is 1.59. The number of hydrogen-bond donors (Lipinski definition) is 2. The van der Waals surface area contributed by atoms with E-state index in [0.29, 0.717) is 33.4 Å². The first-order valence-electron chi connectivity index (χ1n) is 11.8. The number of amides is 2. The van der Waals surface area contributed by atoms with Crippen molar-refractivity contribution in [3.05, 3.63) is 75.6 Å². The molecular weight excluding hydrogens is 500 g/mol. The van der Waals surface area contributed by atoms with Gasteiger partial charge >= 0.3 is 0 Å². The molecule has 1 heterocycles. The van der Waals surface area contributed by atoms with Gasteiger partial charge in [0.05, 0.1) is 16.7 Å². The smallest absolute Gasteiger partial charge is 0.276 e. The van der Waals surface area contributed by atoms with Gasteiger partial charge in [-0.05, 0) is 68.5 Å². The fourth-order valence-electron chi connectivity index (χ4n) is 3.86. The lowest BCUT2D eigenvalue weighted by atomic mass is 9.97. The minimum atomic E-state index is -0.509. The number of thioether (sulfide) groups is 1. The van der Waals surface area contributed by atoms with Crippen LogP contribution < -0.4 is 21.1 Å². The normalized spacial score (nSPS) is 13.2. The summed E-state index contributed by atoms with van der Waals surface area (Å²) < 4.78 is 7.00. The molecule has 0 saturated carbocycles. The third-order valence-corrected chi connectivity index (χ3v) is 6.95. The van der Waals surface area contributed by atoms with Gasteiger partial charge in [-0.15, -0.1) is 0 Å². The van der Waals surface area contributed by atoms with Gasteiger partial charge in [0.25, 0.3) is 11.5 Å². The van der Waals surface area contributed by atoms with E-state index < -0.39 is 11.8 Å². The number of nitrogens with zero attached hydrogens (tertiary/aromatic N) is 2. The van der Waals surface area contributed by atoms with Crippen molar-refractivity contribution in [3.63, 3.8) is 0 Å². The maximum atomic E-state index is 13.2. The zero-order valence-corrected chi connectivity index (χ0v) is 21.2. The zero-order valence-electron chi connectivity index (χ0n) is 19.7. The van der Waals surface area contributed by atoms with Gasteiger partial charge in [-0.3, -0.25) is 29.8 Å². The summed E-state index contributed by atoms with van der Waals surface area (Å²) in [5.41, 5.74) is 6.52. The van der Waals surface area contributed by atoms with E-state index in [9.17, 15) is 14.4 Å². The van der Waals surface area contributed by atoms with Crippen molar-refractivity contribution in [2.45, 2.75) is 43.8 Å². The highest BCUT2D eigenvalue weighted by Gasteiger charge is 2.15. The van der Waals surface area contributed by atoms with Gasteiger partial charge in [0.2, 0.25) is 5.91 Å². The summed E-state index contributed by atoms with van der Waals surface area (Å²) in [7, 11) is 0. The van der Waals surface area contributed by atoms with E-state index in [1.807, 2.05) is 12.1 Å².